The third-order valence-electron chi connectivity index (χ3n) is 9.19. The van der Waals surface area contributed by atoms with E-state index in [-0.39, 0.29) is 36.5 Å². The fraction of sp³-hybridized carbons (Fsp3) is 0.231. The van der Waals surface area contributed by atoms with Crippen molar-refractivity contribution in [2.75, 3.05) is 68.3 Å². The largest absolute Gasteiger partial charge is 0.377 e. The second-order valence-electron chi connectivity index (χ2n) is 14.7. The van der Waals surface area contributed by atoms with Crippen molar-refractivity contribution in [1.29, 1.82) is 0 Å². The molecule has 2 heterocycles. The zero-order valence-electron chi connectivity index (χ0n) is 37.8. The average Bonchev–Trinajstić information content (AvgIpc) is 3.31. The van der Waals surface area contributed by atoms with Gasteiger partial charge in [-0.25, -0.2) is 9.97 Å². The standard InChI is InChI=1S/C45H46N8O4.C3H8.2C2H2/c1-6-25-53(45(57)39-27-41(52(4)5)35-12-8-10-14-37(35)50-39)29-43(55)48-33-23-19-31(20-24-33)16-15-30-17-21-32(22-18-30)47-42(54)28-46-44(56)38-26-40(51(2)3)34-11-7-9-13-36(34)49-38;1-3-2;2*1-2/h7-24,26-27H,6,25,28-29H2,1-5H3,(H,46,56)(H,47,54)(H,48,55);3H2,1-2H3;2*1-2H/b16-15+;;;. The Morgan fingerprint density at radius 1 is 0.594 bits per heavy atom. The lowest BCUT2D eigenvalue weighted by Crippen LogP contribution is -2.39. The lowest BCUT2D eigenvalue weighted by atomic mass is 10.1. The summed E-state index contributed by atoms with van der Waals surface area (Å²) in [6, 6.07) is 33.5. The van der Waals surface area contributed by atoms with Crippen molar-refractivity contribution < 1.29 is 19.2 Å². The van der Waals surface area contributed by atoms with Crippen LogP contribution in [0.4, 0.5) is 22.7 Å². The van der Waals surface area contributed by atoms with E-state index in [0.29, 0.717) is 35.6 Å². The highest BCUT2D eigenvalue weighted by atomic mass is 16.2. The van der Waals surface area contributed by atoms with Crippen LogP contribution in [0.1, 0.15) is 65.7 Å². The Bertz CT molecular complexity index is 2560. The average molecular weight is 859 g/mol. The Morgan fingerprint density at radius 2 is 1.02 bits per heavy atom. The van der Waals surface area contributed by atoms with Gasteiger partial charge in [-0.05, 0) is 66.1 Å². The minimum atomic E-state index is -0.436. The first-order valence-corrected chi connectivity index (χ1v) is 20.8. The molecular formula is C52H58N8O4. The van der Waals surface area contributed by atoms with Crippen LogP contribution in [0, 0.1) is 25.7 Å². The summed E-state index contributed by atoms with van der Waals surface area (Å²) in [5.74, 6) is -1.40. The molecular weight excluding hydrogens is 801 g/mol. The molecule has 6 aromatic rings. The third-order valence-corrected chi connectivity index (χ3v) is 9.19. The molecule has 2 aromatic heterocycles. The summed E-state index contributed by atoms with van der Waals surface area (Å²) >= 11 is 0. The molecule has 0 saturated heterocycles. The van der Waals surface area contributed by atoms with E-state index in [0.717, 1.165) is 38.8 Å². The van der Waals surface area contributed by atoms with Crippen molar-refractivity contribution in [3.63, 3.8) is 0 Å². The van der Waals surface area contributed by atoms with Gasteiger partial charge in [-0.2, -0.15) is 0 Å². The molecule has 330 valence electrons. The van der Waals surface area contributed by atoms with Gasteiger partial charge >= 0.3 is 0 Å². The molecule has 4 amide bonds. The number of para-hydroxylation sites is 2. The molecule has 6 rings (SSSR count). The van der Waals surface area contributed by atoms with Gasteiger partial charge in [0.05, 0.1) is 17.6 Å². The van der Waals surface area contributed by atoms with Crippen LogP contribution in [0.25, 0.3) is 34.0 Å². The molecule has 0 radical (unpaired) electrons. The van der Waals surface area contributed by atoms with Crippen LogP contribution in [0.15, 0.2) is 109 Å². The van der Waals surface area contributed by atoms with E-state index < -0.39 is 5.91 Å². The maximum atomic E-state index is 13.6. The van der Waals surface area contributed by atoms with Crippen molar-refractivity contribution in [1.82, 2.24) is 20.2 Å². The number of carbonyl (C=O) groups is 4. The number of nitrogens with zero attached hydrogens (tertiary/aromatic N) is 5. The van der Waals surface area contributed by atoms with Crippen LogP contribution in [-0.2, 0) is 9.59 Å². The molecule has 0 bridgehead atoms. The second-order valence-corrected chi connectivity index (χ2v) is 14.7. The molecule has 0 fully saturated rings. The number of fused-ring (bicyclic) bond motifs is 2. The van der Waals surface area contributed by atoms with E-state index in [1.54, 1.807) is 24.3 Å². The van der Waals surface area contributed by atoms with Crippen molar-refractivity contribution in [3.05, 3.63) is 132 Å². The molecule has 0 aliphatic carbocycles. The first-order valence-electron chi connectivity index (χ1n) is 20.8. The van der Waals surface area contributed by atoms with Crippen molar-refractivity contribution in [2.45, 2.75) is 33.6 Å². The summed E-state index contributed by atoms with van der Waals surface area (Å²) < 4.78 is 0. The Morgan fingerprint density at radius 3 is 1.47 bits per heavy atom. The van der Waals surface area contributed by atoms with Gasteiger partial charge in [-0.3, -0.25) is 19.2 Å². The van der Waals surface area contributed by atoms with Gasteiger partial charge in [-0.1, -0.05) is 100 Å². The predicted octanol–water partition coefficient (Wildman–Crippen LogP) is 8.86. The number of nitrogens with one attached hydrogen (secondary N) is 3. The fourth-order valence-electron chi connectivity index (χ4n) is 6.34. The molecule has 0 aliphatic heterocycles. The highest BCUT2D eigenvalue weighted by molar-refractivity contribution is 6.03. The number of hydrogen-bond acceptors (Lipinski definition) is 8. The smallest absolute Gasteiger partial charge is 0.273 e. The van der Waals surface area contributed by atoms with E-state index >= 15 is 0 Å². The maximum absolute atomic E-state index is 13.6. The molecule has 0 spiro atoms. The number of hydrogen-bond donors (Lipinski definition) is 3. The summed E-state index contributed by atoms with van der Waals surface area (Å²) in [5, 5.41) is 10.3. The zero-order valence-corrected chi connectivity index (χ0v) is 37.8. The molecule has 0 saturated carbocycles. The van der Waals surface area contributed by atoms with E-state index in [1.807, 2.05) is 142 Å². The highest BCUT2D eigenvalue weighted by Crippen LogP contribution is 2.27. The lowest BCUT2D eigenvalue weighted by Gasteiger charge is -2.23. The topological polar surface area (TPSA) is 140 Å². The van der Waals surface area contributed by atoms with Crippen LogP contribution in [0.2, 0.25) is 0 Å². The highest BCUT2D eigenvalue weighted by Gasteiger charge is 2.22. The monoisotopic (exact) mass is 858 g/mol. The second kappa shape index (κ2) is 25.7. The SMILES string of the molecule is C#C.C#C.CCC.CCCN(CC(=O)Nc1ccc(/C=C/c2ccc(NC(=O)CNC(=O)c3cc(N(C)C)c4ccccc4n3)cc2)cc1)C(=O)c1cc(N(C)C)c2ccccc2n1. The number of benzene rings is 4. The van der Waals surface area contributed by atoms with Crippen LogP contribution in [0.5, 0.6) is 0 Å². The lowest BCUT2D eigenvalue weighted by molar-refractivity contribution is -0.117. The summed E-state index contributed by atoms with van der Waals surface area (Å²) in [5.41, 5.74) is 6.73. The van der Waals surface area contributed by atoms with Crippen LogP contribution in [-0.4, -0.2) is 86.3 Å². The Kier molecular flexibility index (Phi) is 20.3. The number of aromatic nitrogens is 2. The van der Waals surface area contributed by atoms with Gasteiger partial charge in [0.2, 0.25) is 11.8 Å². The quantitative estimate of drug-likeness (QED) is 0.0730. The van der Waals surface area contributed by atoms with Crippen molar-refractivity contribution >= 4 is 80.3 Å². The Balaban J connectivity index is 0.00000147. The minimum absolute atomic E-state index is 0.105. The summed E-state index contributed by atoms with van der Waals surface area (Å²) in [4.78, 5) is 66.8. The third kappa shape index (κ3) is 14.3. The first kappa shape index (κ1) is 50.4. The van der Waals surface area contributed by atoms with E-state index in [4.69, 9.17) is 0 Å². The molecule has 0 aliphatic rings. The van der Waals surface area contributed by atoms with Gasteiger partial charge < -0.3 is 30.7 Å². The summed E-state index contributed by atoms with van der Waals surface area (Å²) in [7, 11) is 7.66. The van der Waals surface area contributed by atoms with Crippen LogP contribution >= 0.6 is 0 Å². The van der Waals surface area contributed by atoms with Gasteiger partial charge in [0, 0.05) is 68.3 Å². The zero-order chi connectivity index (χ0) is 47.2. The van der Waals surface area contributed by atoms with E-state index in [9.17, 15) is 19.2 Å². The molecule has 0 unspecified atom stereocenters. The van der Waals surface area contributed by atoms with Gasteiger partial charge in [0.1, 0.15) is 17.9 Å². The number of carbonyl (C=O) groups excluding carboxylic acids is 4. The number of amides is 4. The number of terminal acetylenes is 2. The van der Waals surface area contributed by atoms with Gasteiger partial charge in [-0.15, -0.1) is 25.7 Å². The van der Waals surface area contributed by atoms with E-state index in [2.05, 4.69) is 65.5 Å². The molecule has 3 N–H and O–H groups in total. The van der Waals surface area contributed by atoms with Crippen molar-refractivity contribution in [3.8, 4) is 25.7 Å². The van der Waals surface area contributed by atoms with Crippen LogP contribution in [0.3, 0.4) is 0 Å². The molecule has 12 heteroatoms. The maximum Gasteiger partial charge on any atom is 0.273 e. The summed E-state index contributed by atoms with van der Waals surface area (Å²) in [6.07, 6.45) is 21.8. The van der Waals surface area contributed by atoms with E-state index in [1.165, 1.54) is 11.3 Å². The summed E-state index contributed by atoms with van der Waals surface area (Å²) in [6.45, 7) is 6.31. The Hall–Kier alpha value is -7.96. The van der Waals surface area contributed by atoms with Gasteiger partial charge in [0.25, 0.3) is 11.8 Å². The molecule has 64 heavy (non-hydrogen) atoms. The Labute approximate surface area is 377 Å². The normalized spacial score (nSPS) is 10.2. The number of rotatable bonds is 14. The molecule has 4 aromatic carbocycles. The van der Waals surface area contributed by atoms with Crippen LogP contribution < -0.4 is 25.8 Å². The predicted molar refractivity (Wildman–Crippen MR) is 265 cm³/mol. The number of anilines is 4. The minimum Gasteiger partial charge on any atom is -0.377 e. The fourth-order valence-corrected chi connectivity index (χ4v) is 6.34. The molecule has 0 atom stereocenters. The first-order chi connectivity index (χ1) is 30.9. The molecule has 12 nitrogen and oxygen atoms in total. The van der Waals surface area contributed by atoms with Crippen molar-refractivity contribution in [2.24, 2.45) is 0 Å². The number of pyridine rings is 2. The van der Waals surface area contributed by atoms with Gasteiger partial charge in [0.15, 0.2) is 0 Å².